The molecule has 0 spiro atoms. The molecule has 1 aliphatic rings. The van der Waals surface area contributed by atoms with E-state index in [0.29, 0.717) is 6.54 Å². The fourth-order valence-corrected chi connectivity index (χ4v) is 3.53. The number of carbonyl (C=O) groups excluding carboxylic acids is 1. The van der Waals surface area contributed by atoms with Crippen LogP contribution in [-0.2, 0) is 12.8 Å². The van der Waals surface area contributed by atoms with E-state index in [1.165, 1.54) is 10.9 Å². The average Bonchev–Trinajstić information content (AvgIpc) is 3.18. The maximum absolute atomic E-state index is 12.2. The van der Waals surface area contributed by atoms with E-state index in [1.807, 2.05) is 24.3 Å². The maximum Gasteiger partial charge on any atom is 0.315 e. The van der Waals surface area contributed by atoms with Gasteiger partial charge in [0, 0.05) is 24.2 Å². The van der Waals surface area contributed by atoms with Crippen molar-refractivity contribution in [2.75, 3.05) is 6.54 Å². The van der Waals surface area contributed by atoms with Crippen LogP contribution in [-0.4, -0.2) is 22.7 Å². The normalized spacial score (nSPS) is 15.9. The molecule has 1 atom stereocenters. The molecule has 25 heavy (non-hydrogen) atoms. The highest BCUT2D eigenvalue weighted by molar-refractivity contribution is 5.80. The van der Waals surface area contributed by atoms with Gasteiger partial charge in [0.05, 0.1) is 6.04 Å². The van der Waals surface area contributed by atoms with Gasteiger partial charge in [0.15, 0.2) is 0 Å². The van der Waals surface area contributed by atoms with Crippen LogP contribution in [0.4, 0.5) is 4.79 Å². The second kappa shape index (κ2) is 6.51. The number of urea groups is 1. The number of hydrogen-bond donors (Lipinski definition) is 4. The first-order valence-corrected chi connectivity index (χ1v) is 8.62. The summed E-state index contributed by atoms with van der Waals surface area (Å²) < 4.78 is 0. The van der Waals surface area contributed by atoms with Crippen LogP contribution in [0.3, 0.4) is 0 Å². The Balaban J connectivity index is 1.31. The van der Waals surface area contributed by atoms with Crippen molar-refractivity contribution in [3.8, 4) is 5.75 Å². The topological polar surface area (TPSA) is 77.2 Å². The van der Waals surface area contributed by atoms with Crippen LogP contribution in [0.1, 0.15) is 29.3 Å². The number of benzene rings is 2. The lowest BCUT2D eigenvalue weighted by Crippen LogP contribution is -2.38. The summed E-state index contributed by atoms with van der Waals surface area (Å²) in [5.41, 5.74) is 4.44. The minimum Gasteiger partial charge on any atom is -0.508 e. The summed E-state index contributed by atoms with van der Waals surface area (Å²) in [6, 6.07) is 15.4. The van der Waals surface area contributed by atoms with Crippen molar-refractivity contribution >= 4 is 16.9 Å². The van der Waals surface area contributed by atoms with Gasteiger partial charge in [-0.3, -0.25) is 0 Å². The molecule has 5 nitrogen and oxygen atoms in total. The number of aromatic nitrogens is 1. The molecule has 1 heterocycles. The molecule has 0 bridgehead atoms. The van der Waals surface area contributed by atoms with Crippen LogP contribution in [0, 0.1) is 0 Å². The van der Waals surface area contributed by atoms with Crippen LogP contribution in [0.15, 0.2) is 48.5 Å². The Morgan fingerprint density at radius 2 is 2.08 bits per heavy atom. The molecule has 3 aromatic rings. The second-order valence-corrected chi connectivity index (χ2v) is 6.51. The number of para-hydroxylation sites is 1. The fraction of sp³-hybridized carbons (Fsp3) is 0.250. The van der Waals surface area contributed by atoms with E-state index in [1.54, 1.807) is 12.1 Å². The quantitative estimate of drug-likeness (QED) is 0.590. The Hall–Kier alpha value is -2.95. The third-order valence-electron chi connectivity index (χ3n) is 4.78. The average molecular weight is 335 g/mol. The lowest BCUT2D eigenvalue weighted by molar-refractivity contribution is 0.237. The number of nitrogens with one attached hydrogen (secondary N) is 3. The SMILES string of the molecule is O=C(NCCc1cc2ccccc2[nH]1)NC1CCc2ccc(O)cc21. The Labute approximate surface area is 146 Å². The van der Waals surface area contributed by atoms with Crippen LogP contribution in [0.2, 0.25) is 0 Å². The van der Waals surface area contributed by atoms with Crippen LogP contribution in [0.5, 0.6) is 5.75 Å². The van der Waals surface area contributed by atoms with Gasteiger partial charge in [0.25, 0.3) is 0 Å². The summed E-state index contributed by atoms with van der Waals surface area (Å²) >= 11 is 0. The molecule has 4 N–H and O–H groups in total. The van der Waals surface area contributed by atoms with E-state index in [2.05, 4.69) is 27.8 Å². The number of rotatable bonds is 4. The minimum absolute atomic E-state index is 0.0322. The zero-order valence-electron chi connectivity index (χ0n) is 13.9. The fourth-order valence-electron chi connectivity index (χ4n) is 3.53. The number of phenolic OH excluding ortho intramolecular Hbond substituents is 1. The number of amides is 2. The van der Waals surface area contributed by atoms with Crippen molar-refractivity contribution in [2.24, 2.45) is 0 Å². The predicted octanol–water partition coefficient (Wildman–Crippen LogP) is 3.40. The first-order valence-electron chi connectivity index (χ1n) is 8.62. The monoisotopic (exact) mass is 335 g/mol. The predicted molar refractivity (Wildman–Crippen MR) is 97.7 cm³/mol. The molecule has 0 fully saturated rings. The largest absolute Gasteiger partial charge is 0.508 e. The lowest BCUT2D eigenvalue weighted by Gasteiger charge is -2.15. The highest BCUT2D eigenvalue weighted by Crippen LogP contribution is 2.33. The molecular weight excluding hydrogens is 314 g/mol. The molecule has 2 amide bonds. The van der Waals surface area contributed by atoms with Crippen LogP contribution < -0.4 is 10.6 Å². The van der Waals surface area contributed by atoms with Crippen molar-refractivity contribution in [2.45, 2.75) is 25.3 Å². The smallest absolute Gasteiger partial charge is 0.315 e. The summed E-state index contributed by atoms with van der Waals surface area (Å²) in [6.07, 6.45) is 2.55. The van der Waals surface area contributed by atoms with Gasteiger partial charge in [-0.2, -0.15) is 0 Å². The van der Waals surface area contributed by atoms with Gasteiger partial charge in [-0.1, -0.05) is 24.3 Å². The summed E-state index contributed by atoms with van der Waals surface area (Å²) in [5.74, 6) is 0.242. The number of hydrogen-bond acceptors (Lipinski definition) is 2. The van der Waals surface area contributed by atoms with Gasteiger partial charge < -0.3 is 20.7 Å². The molecule has 2 aromatic carbocycles. The first kappa shape index (κ1) is 15.6. The van der Waals surface area contributed by atoms with Gasteiger partial charge in [0.1, 0.15) is 5.75 Å². The van der Waals surface area contributed by atoms with Gasteiger partial charge in [-0.25, -0.2) is 4.79 Å². The van der Waals surface area contributed by atoms with Crippen molar-refractivity contribution in [3.05, 3.63) is 65.4 Å². The van der Waals surface area contributed by atoms with E-state index in [4.69, 9.17) is 0 Å². The molecule has 1 unspecified atom stereocenters. The Bertz CT molecular complexity index is 883. The molecule has 128 valence electrons. The van der Waals surface area contributed by atoms with Gasteiger partial charge in [0.2, 0.25) is 0 Å². The van der Waals surface area contributed by atoms with E-state index < -0.39 is 0 Å². The van der Waals surface area contributed by atoms with Crippen molar-refractivity contribution < 1.29 is 9.90 Å². The maximum atomic E-state index is 12.2. The highest BCUT2D eigenvalue weighted by Gasteiger charge is 2.24. The molecular formula is C20H21N3O2. The van der Waals surface area contributed by atoms with Gasteiger partial charge >= 0.3 is 6.03 Å². The Morgan fingerprint density at radius 3 is 2.96 bits per heavy atom. The number of aryl methyl sites for hydroxylation is 1. The number of carbonyl (C=O) groups is 1. The third kappa shape index (κ3) is 3.31. The number of H-pyrrole nitrogens is 1. The van der Waals surface area contributed by atoms with E-state index in [9.17, 15) is 9.90 Å². The Morgan fingerprint density at radius 1 is 1.20 bits per heavy atom. The summed E-state index contributed by atoms with van der Waals surface area (Å²) in [5, 5.41) is 16.7. The number of phenols is 1. The highest BCUT2D eigenvalue weighted by atomic mass is 16.3. The van der Waals surface area contributed by atoms with E-state index in [-0.39, 0.29) is 17.8 Å². The zero-order valence-corrected chi connectivity index (χ0v) is 13.9. The van der Waals surface area contributed by atoms with E-state index in [0.717, 1.165) is 36.0 Å². The molecule has 1 aromatic heterocycles. The lowest BCUT2D eigenvalue weighted by atomic mass is 10.1. The molecule has 4 rings (SSSR count). The summed E-state index contributed by atoms with van der Waals surface area (Å²) in [7, 11) is 0. The molecule has 1 aliphatic carbocycles. The van der Waals surface area contributed by atoms with Crippen LogP contribution in [0.25, 0.3) is 10.9 Å². The number of aromatic hydroxyl groups is 1. The summed E-state index contributed by atoms with van der Waals surface area (Å²) in [4.78, 5) is 15.5. The van der Waals surface area contributed by atoms with Gasteiger partial charge in [-0.05, 0) is 53.6 Å². The molecule has 0 radical (unpaired) electrons. The standard InChI is InChI=1S/C20H21N3O2/c24-16-7-5-13-6-8-19(17(13)12-16)23-20(25)21-10-9-15-11-14-3-1-2-4-18(14)22-15/h1-5,7,11-12,19,22,24H,6,8-10H2,(H2,21,23,25). The van der Waals surface area contributed by atoms with Crippen molar-refractivity contribution in [1.82, 2.24) is 15.6 Å². The van der Waals surface area contributed by atoms with Crippen molar-refractivity contribution in [1.29, 1.82) is 0 Å². The third-order valence-corrected chi connectivity index (χ3v) is 4.78. The molecule has 0 saturated heterocycles. The molecule has 0 saturated carbocycles. The molecule has 0 aliphatic heterocycles. The Kier molecular flexibility index (Phi) is 4.06. The number of aromatic amines is 1. The minimum atomic E-state index is -0.169. The van der Waals surface area contributed by atoms with Crippen molar-refractivity contribution in [3.63, 3.8) is 0 Å². The zero-order chi connectivity index (χ0) is 17.2. The first-order chi connectivity index (χ1) is 12.2. The van der Waals surface area contributed by atoms with Gasteiger partial charge in [-0.15, -0.1) is 0 Å². The summed E-state index contributed by atoms with van der Waals surface area (Å²) in [6.45, 7) is 0.568. The van der Waals surface area contributed by atoms with E-state index >= 15 is 0 Å². The molecule has 5 heteroatoms. The second-order valence-electron chi connectivity index (χ2n) is 6.51. The van der Waals surface area contributed by atoms with Crippen LogP contribution >= 0.6 is 0 Å². The number of fused-ring (bicyclic) bond motifs is 2.